The Kier molecular flexibility index (Phi) is 4.14. The summed E-state index contributed by atoms with van der Waals surface area (Å²) in [6.07, 6.45) is 5.70. The third kappa shape index (κ3) is 2.45. The molecule has 0 unspecified atom stereocenters. The Hall–Kier alpha value is 0.144. The molecule has 4 heteroatoms. The van der Waals surface area contributed by atoms with Gasteiger partial charge in [0.25, 0.3) is 0 Å². The SMILES string of the molecule is Brc1[c-]ncnc1.[V]. The Labute approximate surface area is 67.7 Å². The van der Waals surface area contributed by atoms with Crippen molar-refractivity contribution < 1.29 is 18.6 Å². The summed E-state index contributed by atoms with van der Waals surface area (Å²) in [5.74, 6) is 0. The summed E-state index contributed by atoms with van der Waals surface area (Å²) in [7, 11) is 0. The molecule has 8 heavy (non-hydrogen) atoms. The first kappa shape index (κ1) is 8.14. The van der Waals surface area contributed by atoms with Gasteiger partial charge in [0.2, 0.25) is 0 Å². The Morgan fingerprint density at radius 2 is 2.38 bits per heavy atom. The molecule has 0 atom stereocenters. The van der Waals surface area contributed by atoms with E-state index in [1.54, 1.807) is 6.20 Å². The van der Waals surface area contributed by atoms with Crippen LogP contribution in [0, 0.1) is 6.20 Å². The number of halogens is 1. The van der Waals surface area contributed by atoms with E-state index >= 15 is 0 Å². The molecule has 0 amide bonds. The van der Waals surface area contributed by atoms with Crippen molar-refractivity contribution in [3.63, 3.8) is 0 Å². The van der Waals surface area contributed by atoms with Crippen molar-refractivity contribution >= 4 is 15.9 Å². The number of hydrogen-bond acceptors (Lipinski definition) is 2. The van der Waals surface area contributed by atoms with Crippen molar-refractivity contribution in [2.75, 3.05) is 0 Å². The van der Waals surface area contributed by atoms with Gasteiger partial charge in [0.15, 0.2) is 0 Å². The van der Waals surface area contributed by atoms with Crippen LogP contribution in [0.4, 0.5) is 0 Å². The molecule has 1 heterocycles. The normalized spacial score (nSPS) is 7.62. The number of aromatic nitrogens is 2. The third-order valence-electron chi connectivity index (χ3n) is 0.484. The first-order valence-electron chi connectivity index (χ1n) is 1.73. The van der Waals surface area contributed by atoms with Gasteiger partial charge in [-0.1, -0.05) is 32.8 Å². The van der Waals surface area contributed by atoms with E-state index in [0.29, 0.717) is 0 Å². The first-order valence-corrected chi connectivity index (χ1v) is 2.52. The minimum Gasteiger partial charge on any atom is -0.375 e. The van der Waals surface area contributed by atoms with Crippen molar-refractivity contribution in [1.29, 1.82) is 0 Å². The maximum absolute atomic E-state index is 3.70. The van der Waals surface area contributed by atoms with Gasteiger partial charge in [-0.25, -0.2) is 0 Å². The van der Waals surface area contributed by atoms with Gasteiger partial charge in [-0.15, -0.1) is 0 Å². The zero-order valence-corrected chi connectivity index (χ0v) is 6.86. The molecule has 0 N–H and O–H groups in total. The summed E-state index contributed by atoms with van der Waals surface area (Å²) in [5, 5.41) is 0. The second-order valence-corrected chi connectivity index (χ2v) is 1.84. The molecular weight excluding hydrogens is 207 g/mol. The Morgan fingerprint density at radius 3 is 2.62 bits per heavy atom. The number of nitrogens with zero attached hydrogens (tertiary/aromatic N) is 2. The fourth-order valence-corrected chi connectivity index (χ4v) is 0.472. The molecule has 0 aliphatic carbocycles. The van der Waals surface area contributed by atoms with Crippen molar-refractivity contribution in [3.05, 3.63) is 23.2 Å². The molecule has 0 aromatic carbocycles. The molecule has 41 valence electrons. The van der Waals surface area contributed by atoms with Gasteiger partial charge < -0.3 is 9.97 Å². The summed E-state index contributed by atoms with van der Waals surface area (Å²) in [6, 6.07) is 0. The molecule has 0 saturated carbocycles. The van der Waals surface area contributed by atoms with Gasteiger partial charge in [0.05, 0.1) is 0 Å². The molecule has 2 nitrogen and oxygen atoms in total. The smallest absolute Gasteiger partial charge is 0 e. The van der Waals surface area contributed by atoms with E-state index in [2.05, 4.69) is 32.1 Å². The minimum absolute atomic E-state index is 0. The predicted octanol–water partition coefficient (Wildman–Crippen LogP) is 1.04. The summed E-state index contributed by atoms with van der Waals surface area (Å²) in [5.41, 5.74) is 0. The Bertz CT molecular complexity index is 144. The van der Waals surface area contributed by atoms with Crippen LogP contribution >= 0.6 is 15.9 Å². The van der Waals surface area contributed by atoms with Crippen LogP contribution in [0.3, 0.4) is 0 Å². The monoisotopic (exact) mass is 208 g/mol. The summed E-state index contributed by atoms with van der Waals surface area (Å²) >= 11 is 3.13. The van der Waals surface area contributed by atoms with Gasteiger partial charge in [-0.05, 0) is 6.33 Å². The fraction of sp³-hybridized carbons (Fsp3) is 0. The van der Waals surface area contributed by atoms with Crippen LogP contribution in [0.25, 0.3) is 0 Å². The minimum atomic E-state index is 0. The Morgan fingerprint density at radius 1 is 1.62 bits per heavy atom. The molecular formula is C4H2BrN2V-. The zero-order valence-electron chi connectivity index (χ0n) is 3.87. The van der Waals surface area contributed by atoms with Crippen LogP contribution in [0.5, 0.6) is 0 Å². The molecule has 1 rings (SSSR count). The molecule has 0 fully saturated rings. The molecule has 0 aliphatic heterocycles. The standard InChI is InChI=1S/C4H2BrN2.V/c5-4-1-6-3-7-2-4;/h1,3H;/q-1;. The van der Waals surface area contributed by atoms with Crippen LogP contribution in [0.1, 0.15) is 0 Å². The van der Waals surface area contributed by atoms with E-state index < -0.39 is 0 Å². The van der Waals surface area contributed by atoms with Crippen LogP contribution in [-0.4, -0.2) is 9.97 Å². The number of hydrogen-bond donors (Lipinski definition) is 0. The third-order valence-corrected chi connectivity index (χ3v) is 0.866. The summed E-state index contributed by atoms with van der Waals surface area (Å²) in [4.78, 5) is 7.30. The summed E-state index contributed by atoms with van der Waals surface area (Å²) < 4.78 is 0.787. The average molecular weight is 209 g/mol. The van der Waals surface area contributed by atoms with Crippen LogP contribution in [0.2, 0.25) is 0 Å². The molecule has 1 aromatic rings. The predicted molar refractivity (Wildman–Crippen MR) is 28.6 cm³/mol. The maximum Gasteiger partial charge on any atom is 0 e. The quantitative estimate of drug-likeness (QED) is 0.596. The Balaban J connectivity index is 0.000000490. The van der Waals surface area contributed by atoms with Gasteiger partial charge in [-0.2, -0.15) is 0 Å². The molecule has 0 aliphatic rings. The first-order chi connectivity index (χ1) is 3.39. The van der Waals surface area contributed by atoms with Gasteiger partial charge in [-0.3, -0.25) is 0 Å². The largest absolute Gasteiger partial charge is 0.375 e. The van der Waals surface area contributed by atoms with Crippen LogP contribution < -0.4 is 0 Å². The van der Waals surface area contributed by atoms with E-state index in [-0.39, 0.29) is 18.6 Å². The molecule has 0 saturated heterocycles. The molecule has 1 aromatic heterocycles. The van der Waals surface area contributed by atoms with E-state index in [0.717, 1.165) is 4.47 Å². The number of rotatable bonds is 0. The zero-order chi connectivity index (χ0) is 5.11. The van der Waals surface area contributed by atoms with Crippen molar-refractivity contribution in [2.45, 2.75) is 0 Å². The fourth-order valence-electron chi connectivity index (χ4n) is 0.252. The van der Waals surface area contributed by atoms with Crippen LogP contribution in [-0.2, 0) is 18.6 Å². The second kappa shape index (κ2) is 4.07. The molecule has 0 spiro atoms. The van der Waals surface area contributed by atoms with Crippen molar-refractivity contribution in [2.24, 2.45) is 0 Å². The topological polar surface area (TPSA) is 25.8 Å². The summed E-state index contributed by atoms with van der Waals surface area (Å²) in [6.45, 7) is 0. The van der Waals surface area contributed by atoms with E-state index in [1.165, 1.54) is 6.33 Å². The second-order valence-electron chi connectivity index (χ2n) is 0.982. The van der Waals surface area contributed by atoms with Gasteiger partial charge in [0.1, 0.15) is 0 Å². The van der Waals surface area contributed by atoms with Crippen molar-refractivity contribution in [1.82, 2.24) is 9.97 Å². The van der Waals surface area contributed by atoms with E-state index in [4.69, 9.17) is 0 Å². The molecule has 1 radical (unpaired) electrons. The van der Waals surface area contributed by atoms with E-state index in [9.17, 15) is 0 Å². The van der Waals surface area contributed by atoms with Crippen molar-refractivity contribution in [3.8, 4) is 0 Å². The van der Waals surface area contributed by atoms with Crippen LogP contribution in [0.15, 0.2) is 17.0 Å². The van der Waals surface area contributed by atoms with Gasteiger partial charge >= 0.3 is 0 Å². The maximum atomic E-state index is 3.70. The van der Waals surface area contributed by atoms with E-state index in [1.807, 2.05) is 0 Å². The van der Waals surface area contributed by atoms with Gasteiger partial charge in [0, 0.05) is 18.6 Å². The molecule has 0 bridgehead atoms. The average Bonchev–Trinajstić information content (AvgIpc) is 1.69.